The maximum absolute atomic E-state index is 11.9. The van der Waals surface area contributed by atoms with E-state index in [1.807, 2.05) is 30.3 Å². The topological polar surface area (TPSA) is 79.2 Å². The third-order valence-corrected chi connectivity index (χ3v) is 4.11. The van der Waals surface area contributed by atoms with Gasteiger partial charge in [-0.15, -0.1) is 0 Å². The fraction of sp³-hybridized carbons (Fsp3) is 0.412. The predicted octanol–water partition coefficient (Wildman–Crippen LogP) is 0.224. The Kier molecular flexibility index (Phi) is 4.85. The van der Waals surface area contributed by atoms with E-state index in [9.17, 15) is 9.90 Å². The Morgan fingerprint density at radius 3 is 2.83 bits per heavy atom. The second-order valence-electron chi connectivity index (χ2n) is 5.97. The summed E-state index contributed by atoms with van der Waals surface area (Å²) in [6, 6.07) is 13.1. The van der Waals surface area contributed by atoms with Gasteiger partial charge in [-0.3, -0.25) is 4.79 Å². The molecule has 122 valence electrons. The average Bonchev–Trinajstić information content (AvgIpc) is 3.01. The van der Waals surface area contributed by atoms with E-state index in [1.165, 1.54) is 4.68 Å². The quantitative estimate of drug-likeness (QED) is 0.665. The van der Waals surface area contributed by atoms with Crippen molar-refractivity contribution in [1.82, 2.24) is 20.4 Å². The van der Waals surface area contributed by atoms with Crippen LogP contribution in [0.3, 0.4) is 0 Å². The molecule has 1 aliphatic heterocycles. The average molecular weight is 314 g/mol. The molecule has 1 atom stereocenters. The second-order valence-corrected chi connectivity index (χ2v) is 5.97. The van der Waals surface area contributed by atoms with Crippen molar-refractivity contribution in [3.05, 3.63) is 52.8 Å². The lowest BCUT2D eigenvalue weighted by Crippen LogP contribution is -2.43. The summed E-state index contributed by atoms with van der Waals surface area (Å²) in [5, 5.41) is 21.0. The normalized spacial score (nSPS) is 20.7. The van der Waals surface area contributed by atoms with Gasteiger partial charge in [0.2, 0.25) is 0 Å². The molecular weight excluding hydrogens is 292 g/mol. The molecule has 2 aromatic rings. The van der Waals surface area contributed by atoms with Gasteiger partial charge in [0, 0.05) is 31.3 Å². The highest BCUT2D eigenvalue weighted by molar-refractivity contribution is 5.57. The van der Waals surface area contributed by atoms with Crippen LogP contribution in [0.5, 0.6) is 0 Å². The summed E-state index contributed by atoms with van der Waals surface area (Å²) in [6.45, 7) is 3.05. The summed E-state index contributed by atoms with van der Waals surface area (Å²) in [6.07, 6.45) is 0.752. The van der Waals surface area contributed by atoms with Gasteiger partial charge in [0.15, 0.2) is 0 Å². The molecular formula is C17H22N4O2. The first kappa shape index (κ1) is 15.9. The molecule has 1 saturated heterocycles. The van der Waals surface area contributed by atoms with Crippen LogP contribution in [0.4, 0.5) is 0 Å². The molecule has 1 aromatic carbocycles. The van der Waals surface area contributed by atoms with Crippen molar-refractivity contribution in [3.8, 4) is 11.3 Å². The van der Waals surface area contributed by atoms with Crippen LogP contribution in [-0.4, -0.2) is 46.7 Å². The molecule has 0 aliphatic carbocycles. The molecule has 6 nitrogen and oxygen atoms in total. The number of aliphatic hydroxyl groups is 1. The zero-order valence-electron chi connectivity index (χ0n) is 13.0. The second kappa shape index (κ2) is 7.04. The SMILES string of the molecule is O=c1ccc(-c2ccccc2)nn1CCNCC1(O)CCNC1. The Morgan fingerprint density at radius 2 is 2.09 bits per heavy atom. The number of hydrogen-bond acceptors (Lipinski definition) is 5. The molecule has 1 fully saturated rings. The number of rotatable bonds is 6. The summed E-state index contributed by atoms with van der Waals surface area (Å²) >= 11 is 0. The van der Waals surface area contributed by atoms with E-state index in [1.54, 1.807) is 12.1 Å². The number of β-amino-alcohol motifs (C(OH)–C–C–N with tert-alkyl or cyclic N) is 1. The van der Waals surface area contributed by atoms with Crippen molar-refractivity contribution < 1.29 is 5.11 Å². The molecule has 0 saturated carbocycles. The van der Waals surface area contributed by atoms with Gasteiger partial charge in [-0.25, -0.2) is 4.68 Å². The minimum atomic E-state index is -0.676. The summed E-state index contributed by atoms with van der Waals surface area (Å²) in [5.74, 6) is 0. The Balaban J connectivity index is 1.60. The number of nitrogens with one attached hydrogen (secondary N) is 2. The Hall–Kier alpha value is -2.02. The smallest absolute Gasteiger partial charge is 0.266 e. The van der Waals surface area contributed by atoms with Crippen LogP contribution in [0.25, 0.3) is 11.3 Å². The molecule has 6 heteroatoms. The Bertz CT molecular complexity index is 693. The highest BCUT2D eigenvalue weighted by Crippen LogP contribution is 2.14. The van der Waals surface area contributed by atoms with Crippen molar-refractivity contribution >= 4 is 0 Å². The maximum atomic E-state index is 11.9. The first-order valence-corrected chi connectivity index (χ1v) is 7.94. The van der Waals surface area contributed by atoms with Crippen LogP contribution in [0.15, 0.2) is 47.3 Å². The van der Waals surface area contributed by atoms with Gasteiger partial charge in [-0.05, 0) is 19.0 Å². The van der Waals surface area contributed by atoms with E-state index >= 15 is 0 Å². The van der Waals surface area contributed by atoms with Crippen molar-refractivity contribution in [1.29, 1.82) is 0 Å². The fourth-order valence-corrected chi connectivity index (χ4v) is 2.76. The van der Waals surface area contributed by atoms with Crippen LogP contribution in [-0.2, 0) is 6.54 Å². The van der Waals surface area contributed by atoms with Crippen molar-refractivity contribution in [2.45, 2.75) is 18.6 Å². The monoisotopic (exact) mass is 314 g/mol. The van der Waals surface area contributed by atoms with Crippen molar-refractivity contribution in [2.75, 3.05) is 26.2 Å². The number of aromatic nitrogens is 2. The molecule has 1 aliphatic rings. The molecule has 0 bridgehead atoms. The molecule has 2 heterocycles. The number of benzene rings is 1. The molecule has 0 amide bonds. The van der Waals surface area contributed by atoms with E-state index in [2.05, 4.69) is 15.7 Å². The van der Waals surface area contributed by atoms with E-state index in [0.29, 0.717) is 26.2 Å². The van der Waals surface area contributed by atoms with Gasteiger partial charge in [-0.1, -0.05) is 30.3 Å². The van der Waals surface area contributed by atoms with Gasteiger partial charge in [0.05, 0.1) is 17.8 Å². The zero-order chi connectivity index (χ0) is 16.1. The van der Waals surface area contributed by atoms with Gasteiger partial charge < -0.3 is 15.7 Å². The van der Waals surface area contributed by atoms with Gasteiger partial charge in [-0.2, -0.15) is 5.10 Å². The minimum Gasteiger partial charge on any atom is -0.387 e. The van der Waals surface area contributed by atoms with Gasteiger partial charge in [0.25, 0.3) is 5.56 Å². The van der Waals surface area contributed by atoms with Crippen LogP contribution in [0, 0.1) is 0 Å². The van der Waals surface area contributed by atoms with E-state index in [0.717, 1.165) is 24.2 Å². The predicted molar refractivity (Wildman–Crippen MR) is 89.2 cm³/mol. The lowest BCUT2D eigenvalue weighted by Gasteiger charge is -2.21. The largest absolute Gasteiger partial charge is 0.387 e. The maximum Gasteiger partial charge on any atom is 0.266 e. The summed E-state index contributed by atoms with van der Waals surface area (Å²) in [4.78, 5) is 11.9. The van der Waals surface area contributed by atoms with Gasteiger partial charge >= 0.3 is 0 Å². The lowest BCUT2D eigenvalue weighted by atomic mass is 10.0. The number of hydrogen-bond donors (Lipinski definition) is 3. The third-order valence-electron chi connectivity index (χ3n) is 4.11. The van der Waals surface area contributed by atoms with E-state index in [4.69, 9.17) is 0 Å². The molecule has 23 heavy (non-hydrogen) atoms. The molecule has 1 unspecified atom stereocenters. The molecule has 3 N–H and O–H groups in total. The lowest BCUT2D eigenvalue weighted by molar-refractivity contribution is 0.0610. The molecule has 3 rings (SSSR count). The van der Waals surface area contributed by atoms with Crippen LogP contribution >= 0.6 is 0 Å². The Morgan fingerprint density at radius 1 is 1.26 bits per heavy atom. The summed E-state index contributed by atoms with van der Waals surface area (Å²) in [5.41, 5.74) is 0.974. The minimum absolute atomic E-state index is 0.118. The standard InChI is InChI=1S/C17H22N4O2/c22-16-7-6-15(14-4-2-1-3-5-14)20-21(16)11-10-19-13-17(23)8-9-18-12-17/h1-7,18-19,23H,8-13H2. The van der Waals surface area contributed by atoms with Crippen LogP contribution in [0.1, 0.15) is 6.42 Å². The van der Waals surface area contributed by atoms with Crippen molar-refractivity contribution in [3.63, 3.8) is 0 Å². The summed E-state index contributed by atoms with van der Waals surface area (Å²) in [7, 11) is 0. The highest BCUT2D eigenvalue weighted by Gasteiger charge is 2.30. The molecule has 0 spiro atoms. The third kappa shape index (κ3) is 4.04. The number of nitrogens with zero attached hydrogens (tertiary/aromatic N) is 2. The van der Waals surface area contributed by atoms with Gasteiger partial charge in [0.1, 0.15) is 0 Å². The highest BCUT2D eigenvalue weighted by atomic mass is 16.3. The van der Waals surface area contributed by atoms with Crippen LogP contribution < -0.4 is 16.2 Å². The van der Waals surface area contributed by atoms with E-state index < -0.39 is 5.60 Å². The summed E-state index contributed by atoms with van der Waals surface area (Å²) < 4.78 is 1.46. The molecule has 0 radical (unpaired) electrons. The Labute approximate surface area is 135 Å². The first-order chi connectivity index (χ1) is 11.2. The van der Waals surface area contributed by atoms with Crippen LogP contribution in [0.2, 0.25) is 0 Å². The molecule has 1 aromatic heterocycles. The van der Waals surface area contributed by atoms with Crippen molar-refractivity contribution in [2.24, 2.45) is 0 Å². The fourth-order valence-electron chi connectivity index (χ4n) is 2.76. The first-order valence-electron chi connectivity index (χ1n) is 7.94. The zero-order valence-corrected chi connectivity index (χ0v) is 13.0. The van der Waals surface area contributed by atoms with E-state index in [-0.39, 0.29) is 5.56 Å².